The van der Waals surface area contributed by atoms with E-state index in [1.807, 2.05) is 13.1 Å². The molecule has 3 aromatic heterocycles. The van der Waals surface area contributed by atoms with E-state index in [0.29, 0.717) is 35.5 Å². The molecule has 0 atom stereocenters. The van der Waals surface area contributed by atoms with E-state index in [1.54, 1.807) is 61.3 Å². The van der Waals surface area contributed by atoms with Crippen molar-refractivity contribution >= 4 is 29.0 Å². The fourth-order valence-corrected chi connectivity index (χ4v) is 5.86. The Morgan fingerprint density at radius 1 is 1.11 bits per heavy atom. The van der Waals surface area contributed by atoms with E-state index in [2.05, 4.69) is 41.6 Å². The standard InChI is InChI=1S/C28H34N4O4SSi/c1-21-7-9-24(10-8-21)37(34,35)32-19-26(22-16-30-31(18-22)20-36-13-14-38(4,5)6)25-15-23(29-17-27(25)32)11-12-28(2,3)33/h7-10,15-19,33H,13-14,20H2,1-6H3. The van der Waals surface area contributed by atoms with Crippen LogP contribution in [0.3, 0.4) is 0 Å². The number of aromatic nitrogens is 4. The number of nitrogens with zero attached hydrogens (tertiary/aromatic N) is 4. The lowest BCUT2D eigenvalue weighted by molar-refractivity contribution is 0.0786. The zero-order valence-corrected chi connectivity index (χ0v) is 24.5. The van der Waals surface area contributed by atoms with Gasteiger partial charge in [0.15, 0.2) is 0 Å². The van der Waals surface area contributed by atoms with Gasteiger partial charge >= 0.3 is 0 Å². The minimum absolute atomic E-state index is 0.184. The average Bonchev–Trinajstić information content (AvgIpc) is 3.44. The van der Waals surface area contributed by atoms with Crippen molar-refractivity contribution in [2.75, 3.05) is 6.61 Å². The third kappa shape index (κ3) is 6.60. The summed E-state index contributed by atoms with van der Waals surface area (Å²) >= 11 is 0. The highest BCUT2D eigenvalue weighted by Gasteiger charge is 2.23. The summed E-state index contributed by atoms with van der Waals surface area (Å²) in [4.78, 5) is 4.55. The summed E-state index contributed by atoms with van der Waals surface area (Å²) in [5, 5.41) is 15.1. The van der Waals surface area contributed by atoms with Crippen molar-refractivity contribution in [3.05, 3.63) is 66.4 Å². The molecule has 8 nitrogen and oxygen atoms in total. The number of pyridine rings is 1. The van der Waals surface area contributed by atoms with Gasteiger partial charge in [-0.15, -0.1) is 0 Å². The number of benzene rings is 1. The molecule has 1 aromatic carbocycles. The van der Waals surface area contributed by atoms with E-state index in [0.717, 1.165) is 17.2 Å². The van der Waals surface area contributed by atoms with Gasteiger partial charge in [-0.2, -0.15) is 5.10 Å². The Kier molecular flexibility index (Phi) is 7.68. The smallest absolute Gasteiger partial charge is 0.268 e. The maximum atomic E-state index is 13.6. The summed E-state index contributed by atoms with van der Waals surface area (Å²) in [6.07, 6.45) is 6.64. The van der Waals surface area contributed by atoms with Crippen molar-refractivity contribution in [3.8, 4) is 23.0 Å². The topological polar surface area (TPSA) is 99.2 Å². The van der Waals surface area contributed by atoms with Crippen molar-refractivity contribution in [3.63, 3.8) is 0 Å². The number of aryl methyl sites for hydroxylation is 1. The zero-order chi connectivity index (χ0) is 27.7. The van der Waals surface area contributed by atoms with Crippen molar-refractivity contribution < 1.29 is 18.3 Å². The molecule has 0 saturated carbocycles. The molecule has 0 bridgehead atoms. The molecule has 0 radical (unpaired) electrons. The predicted octanol–water partition coefficient (Wildman–Crippen LogP) is 4.88. The van der Waals surface area contributed by atoms with Crippen molar-refractivity contribution in [2.24, 2.45) is 0 Å². The maximum absolute atomic E-state index is 13.6. The average molecular weight is 551 g/mol. The van der Waals surface area contributed by atoms with Crippen LogP contribution in [-0.2, 0) is 21.5 Å². The molecule has 0 spiro atoms. The second-order valence-electron chi connectivity index (χ2n) is 11.2. The summed E-state index contributed by atoms with van der Waals surface area (Å²) in [5.74, 6) is 5.65. The quantitative estimate of drug-likeness (QED) is 0.191. The van der Waals surface area contributed by atoms with E-state index in [1.165, 1.54) is 10.2 Å². The number of ether oxygens (including phenoxy) is 1. The van der Waals surface area contributed by atoms with Crippen molar-refractivity contribution in [2.45, 2.75) is 63.7 Å². The third-order valence-electron chi connectivity index (χ3n) is 5.90. The van der Waals surface area contributed by atoms with E-state index in [9.17, 15) is 13.5 Å². The minimum atomic E-state index is -3.89. The fourth-order valence-electron chi connectivity index (χ4n) is 3.74. The lowest BCUT2D eigenvalue weighted by Gasteiger charge is -2.15. The van der Waals surface area contributed by atoms with Crippen LogP contribution in [0.5, 0.6) is 0 Å². The van der Waals surface area contributed by atoms with Gasteiger partial charge in [-0.25, -0.2) is 22.1 Å². The minimum Gasteiger partial charge on any atom is -0.378 e. The fraction of sp³-hybridized carbons (Fsp3) is 0.357. The molecular formula is C28H34N4O4SSi. The van der Waals surface area contributed by atoms with Crippen molar-refractivity contribution in [1.82, 2.24) is 18.7 Å². The summed E-state index contributed by atoms with van der Waals surface area (Å²) in [7, 11) is -5.08. The van der Waals surface area contributed by atoms with Gasteiger partial charge in [-0.3, -0.25) is 0 Å². The summed E-state index contributed by atoms with van der Waals surface area (Å²) < 4.78 is 36.1. The van der Waals surface area contributed by atoms with Crippen LogP contribution in [0.4, 0.5) is 0 Å². The number of hydrogen-bond acceptors (Lipinski definition) is 6. The van der Waals surface area contributed by atoms with Gasteiger partial charge in [-0.05, 0) is 50.9 Å². The van der Waals surface area contributed by atoms with Crippen molar-refractivity contribution in [1.29, 1.82) is 0 Å². The Labute approximate surface area is 225 Å². The Morgan fingerprint density at radius 3 is 2.47 bits per heavy atom. The lowest BCUT2D eigenvalue weighted by Crippen LogP contribution is -2.22. The second kappa shape index (κ2) is 10.5. The van der Waals surface area contributed by atoms with Crippen LogP contribution >= 0.6 is 0 Å². The molecule has 3 heterocycles. The van der Waals surface area contributed by atoms with Crippen LogP contribution in [0.2, 0.25) is 25.7 Å². The van der Waals surface area contributed by atoms with Gasteiger partial charge in [0.2, 0.25) is 0 Å². The first kappa shape index (κ1) is 27.8. The summed E-state index contributed by atoms with van der Waals surface area (Å²) in [6, 6.07) is 9.55. The zero-order valence-electron chi connectivity index (χ0n) is 22.7. The summed E-state index contributed by atoms with van der Waals surface area (Å²) in [6.45, 7) is 13.0. The molecule has 38 heavy (non-hydrogen) atoms. The highest BCUT2D eigenvalue weighted by Crippen LogP contribution is 2.33. The number of hydrogen-bond donors (Lipinski definition) is 1. The summed E-state index contributed by atoms with van der Waals surface area (Å²) in [5.41, 5.74) is 2.06. The molecule has 10 heteroatoms. The molecule has 0 amide bonds. The van der Waals surface area contributed by atoms with Crippen LogP contribution in [0, 0.1) is 18.8 Å². The molecule has 4 rings (SSSR count). The van der Waals surface area contributed by atoms with E-state index < -0.39 is 23.7 Å². The van der Waals surface area contributed by atoms with Gasteiger partial charge in [0.1, 0.15) is 18.0 Å². The van der Waals surface area contributed by atoms with E-state index in [-0.39, 0.29) is 4.90 Å². The van der Waals surface area contributed by atoms with Crippen LogP contribution in [0.25, 0.3) is 22.0 Å². The van der Waals surface area contributed by atoms with Gasteiger partial charge in [0, 0.05) is 43.6 Å². The number of fused-ring (bicyclic) bond motifs is 1. The molecule has 0 aliphatic rings. The van der Waals surface area contributed by atoms with Crippen LogP contribution in [0.15, 0.2) is 60.0 Å². The Morgan fingerprint density at radius 2 is 1.82 bits per heavy atom. The van der Waals surface area contributed by atoms with Crippen LogP contribution in [0.1, 0.15) is 25.1 Å². The maximum Gasteiger partial charge on any atom is 0.268 e. The van der Waals surface area contributed by atoms with E-state index in [4.69, 9.17) is 4.74 Å². The first-order chi connectivity index (χ1) is 17.7. The second-order valence-corrected chi connectivity index (χ2v) is 18.6. The SMILES string of the molecule is Cc1ccc(S(=O)(=O)n2cc(-c3cnn(COCC[Si](C)(C)C)c3)c3cc(C#CC(C)(C)O)ncc32)cc1. The number of aliphatic hydroxyl groups is 1. The van der Waals surface area contributed by atoms with Gasteiger partial charge in [0.05, 0.1) is 22.8 Å². The normalized spacial score (nSPS) is 12.5. The molecule has 0 aliphatic carbocycles. The van der Waals surface area contributed by atoms with Gasteiger partial charge < -0.3 is 9.84 Å². The third-order valence-corrected chi connectivity index (χ3v) is 9.29. The molecule has 0 aliphatic heterocycles. The first-order valence-electron chi connectivity index (χ1n) is 12.4. The largest absolute Gasteiger partial charge is 0.378 e. The monoisotopic (exact) mass is 550 g/mol. The Bertz CT molecular complexity index is 1610. The van der Waals surface area contributed by atoms with Crippen LogP contribution in [-0.4, -0.2) is 52.5 Å². The van der Waals surface area contributed by atoms with Gasteiger partial charge in [0.25, 0.3) is 10.0 Å². The van der Waals surface area contributed by atoms with Crippen LogP contribution < -0.4 is 0 Å². The Hall–Kier alpha value is -3.23. The lowest BCUT2D eigenvalue weighted by atomic mass is 10.1. The molecule has 4 aromatic rings. The highest BCUT2D eigenvalue weighted by molar-refractivity contribution is 7.90. The Balaban J connectivity index is 1.77. The number of rotatable bonds is 8. The van der Waals surface area contributed by atoms with E-state index >= 15 is 0 Å². The molecule has 0 saturated heterocycles. The molecule has 1 N–H and O–H groups in total. The van der Waals surface area contributed by atoms with Gasteiger partial charge in [-0.1, -0.05) is 43.3 Å². The molecule has 0 fully saturated rings. The highest BCUT2D eigenvalue weighted by atomic mass is 32.2. The first-order valence-corrected chi connectivity index (χ1v) is 17.6. The molecule has 200 valence electrons. The molecule has 0 unspecified atom stereocenters. The molecular weight excluding hydrogens is 516 g/mol. The predicted molar refractivity (Wildman–Crippen MR) is 152 cm³/mol.